The molecule has 41 heavy (non-hydrogen) atoms. The molecule has 0 radical (unpaired) electrons. The first-order valence-corrected chi connectivity index (χ1v) is 14.6. The van der Waals surface area contributed by atoms with E-state index in [0.29, 0.717) is 0 Å². The largest absolute Gasteiger partial charge is 0.261 e. The number of allylic oxidation sites excluding steroid dienone is 4. The molecule has 0 saturated heterocycles. The zero-order chi connectivity index (χ0) is 28.8. The second-order valence-electron chi connectivity index (χ2n) is 10.8. The van der Waals surface area contributed by atoms with Crippen LogP contribution in [0.4, 0.5) is 0 Å². The molecule has 0 saturated carbocycles. The van der Waals surface area contributed by atoms with Crippen LogP contribution in [-0.4, -0.2) is 5.71 Å². The molecule has 0 bridgehead atoms. The van der Waals surface area contributed by atoms with Gasteiger partial charge in [-0.3, -0.25) is 4.99 Å². The molecule has 1 nitrogen and oxygen atoms in total. The lowest BCUT2D eigenvalue weighted by Crippen LogP contribution is -2.00. The summed E-state index contributed by atoms with van der Waals surface area (Å²) in [6, 6.07) is 33.2. The summed E-state index contributed by atoms with van der Waals surface area (Å²) in [6.07, 6.45) is 12.8. The lowest BCUT2D eigenvalue weighted by Gasteiger charge is -2.19. The van der Waals surface area contributed by atoms with Crippen molar-refractivity contribution in [3.63, 3.8) is 0 Å². The number of aliphatic imine (C=N–C) groups is 1. The second-order valence-corrected chi connectivity index (χ2v) is 10.8. The molecule has 5 aromatic rings. The van der Waals surface area contributed by atoms with Crippen molar-refractivity contribution in [2.45, 2.75) is 47.5 Å². The quantitative estimate of drug-likeness (QED) is 0.107. The van der Waals surface area contributed by atoms with Crippen molar-refractivity contribution in [2.75, 3.05) is 0 Å². The van der Waals surface area contributed by atoms with Crippen molar-refractivity contribution in [3.8, 4) is 22.3 Å². The number of nitrogens with zero attached hydrogens (tertiary/aromatic N) is 1. The SMILES string of the molecule is C/C=C\N=C(C)c1c2ccccc2c(-c2ccc(C)c(/C=C\C/C(C)=C/CC)c2)c2ccc(-c3ccccc3)cc12. The summed E-state index contributed by atoms with van der Waals surface area (Å²) in [5.74, 6) is 0. The molecule has 0 amide bonds. The minimum absolute atomic E-state index is 0.977. The van der Waals surface area contributed by atoms with E-state index in [4.69, 9.17) is 4.99 Å². The highest BCUT2D eigenvalue weighted by Crippen LogP contribution is 2.41. The van der Waals surface area contributed by atoms with Gasteiger partial charge in [-0.1, -0.05) is 116 Å². The van der Waals surface area contributed by atoms with Crippen LogP contribution in [0, 0.1) is 6.92 Å². The average molecular weight is 534 g/mol. The summed E-state index contributed by atoms with van der Waals surface area (Å²) in [4.78, 5) is 4.83. The monoisotopic (exact) mass is 533 g/mol. The molecule has 0 atom stereocenters. The summed E-state index contributed by atoms with van der Waals surface area (Å²) >= 11 is 0. The molecular weight excluding hydrogens is 494 g/mol. The van der Waals surface area contributed by atoms with Crippen molar-refractivity contribution in [1.82, 2.24) is 0 Å². The summed E-state index contributed by atoms with van der Waals surface area (Å²) < 4.78 is 0. The van der Waals surface area contributed by atoms with E-state index in [1.807, 2.05) is 19.2 Å². The van der Waals surface area contributed by atoms with Crippen LogP contribution in [-0.2, 0) is 0 Å². The third-order valence-corrected chi connectivity index (χ3v) is 7.77. The summed E-state index contributed by atoms with van der Waals surface area (Å²) in [7, 11) is 0. The van der Waals surface area contributed by atoms with Crippen molar-refractivity contribution < 1.29 is 0 Å². The van der Waals surface area contributed by atoms with E-state index in [9.17, 15) is 0 Å². The van der Waals surface area contributed by atoms with Crippen molar-refractivity contribution in [1.29, 1.82) is 0 Å². The smallest absolute Gasteiger partial charge is 0.0457 e. The Kier molecular flexibility index (Phi) is 8.75. The Bertz CT molecular complexity index is 1810. The Morgan fingerprint density at radius 1 is 0.732 bits per heavy atom. The highest BCUT2D eigenvalue weighted by atomic mass is 14.7. The maximum absolute atomic E-state index is 4.83. The Morgan fingerprint density at radius 3 is 2.20 bits per heavy atom. The fourth-order valence-electron chi connectivity index (χ4n) is 5.72. The van der Waals surface area contributed by atoms with Crippen LogP contribution >= 0.6 is 0 Å². The molecule has 0 aliphatic carbocycles. The topological polar surface area (TPSA) is 12.4 Å². The van der Waals surface area contributed by atoms with Gasteiger partial charge in [0.2, 0.25) is 0 Å². The molecule has 0 heterocycles. The molecule has 5 rings (SSSR count). The lowest BCUT2D eigenvalue weighted by molar-refractivity contribution is 1.12. The summed E-state index contributed by atoms with van der Waals surface area (Å²) in [5, 5.41) is 4.94. The number of rotatable bonds is 8. The first-order chi connectivity index (χ1) is 20.0. The van der Waals surface area contributed by atoms with E-state index in [0.717, 1.165) is 18.6 Å². The van der Waals surface area contributed by atoms with Gasteiger partial charge < -0.3 is 0 Å². The molecule has 204 valence electrons. The fourth-order valence-corrected chi connectivity index (χ4v) is 5.72. The van der Waals surface area contributed by atoms with Gasteiger partial charge in [-0.15, -0.1) is 0 Å². The van der Waals surface area contributed by atoms with Gasteiger partial charge >= 0.3 is 0 Å². The molecule has 0 aliphatic heterocycles. The Hall–Kier alpha value is -4.49. The molecule has 0 spiro atoms. The normalized spacial score (nSPS) is 12.8. The van der Waals surface area contributed by atoms with Gasteiger partial charge in [0.15, 0.2) is 0 Å². The number of fused-ring (bicyclic) bond motifs is 2. The number of aryl methyl sites for hydroxylation is 1. The van der Waals surface area contributed by atoms with E-state index in [1.165, 1.54) is 66.1 Å². The molecule has 5 aromatic carbocycles. The molecule has 0 aliphatic rings. The summed E-state index contributed by atoms with van der Waals surface area (Å²) in [6.45, 7) is 10.7. The zero-order valence-corrected chi connectivity index (χ0v) is 24.9. The third-order valence-electron chi connectivity index (χ3n) is 7.77. The van der Waals surface area contributed by atoms with Crippen LogP contribution in [0.3, 0.4) is 0 Å². The first kappa shape index (κ1) is 28.1. The van der Waals surface area contributed by atoms with Gasteiger partial charge in [-0.2, -0.15) is 0 Å². The predicted molar refractivity (Wildman–Crippen MR) is 182 cm³/mol. The fraction of sp³-hybridized carbons (Fsp3) is 0.175. The van der Waals surface area contributed by atoms with Gasteiger partial charge in [-0.05, 0) is 108 Å². The van der Waals surface area contributed by atoms with Crippen LogP contribution in [0.2, 0.25) is 0 Å². The Morgan fingerprint density at radius 2 is 1.44 bits per heavy atom. The van der Waals surface area contributed by atoms with Crippen LogP contribution in [0.25, 0.3) is 49.9 Å². The second kappa shape index (κ2) is 12.8. The number of benzene rings is 5. The molecule has 0 fully saturated rings. The highest BCUT2D eigenvalue weighted by molar-refractivity contribution is 6.26. The zero-order valence-electron chi connectivity index (χ0n) is 24.9. The van der Waals surface area contributed by atoms with Crippen LogP contribution in [0.5, 0.6) is 0 Å². The standard InChI is InChI=1S/C40H39N/c1-6-14-28(3)15-13-18-32-26-34(22-21-29(32)4)40-36-20-12-11-19-35(36)39(30(5)41-25-7-2)38-27-33(23-24-37(38)40)31-16-9-8-10-17-31/h7-14,16-27H,6,15H2,1-5H3/b18-13-,25-7-,28-14+,41-30?. The Balaban J connectivity index is 1.79. The maximum atomic E-state index is 4.83. The van der Waals surface area contributed by atoms with Crippen molar-refractivity contribution in [2.24, 2.45) is 4.99 Å². The Labute approximate surface area is 245 Å². The average Bonchev–Trinajstić information content (AvgIpc) is 3.00. The minimum Gasteiger partial charge on any atom is -0.261 e. The molecule has 0 N–H and O–H groups in total. The highest BCUT2D eigenvalue weighted by Gasteiger charge is 2.18. The predicted octanol–water partition coefficient (Wildman–Crippen LogP) is 11.7. The van der Waals surface area contributed by atoms with Crippen LogP contribution in [0.15, 0.2) is 126 Å². The molecule has 0 aromatic heterocycles. The van der Waals surface area contributed by atoms with E-state index >= 15 is 0 Å². The van der Waals surface area contributed by atoms with E-state index < -0.39 is 0 Å². The van der Waals surface area contributed by atoms with Crippen LogP contribution in [0.1, 0.15) is 57.2 Å². The van der Waals surface area contributed by atoms with Gasteiger partial charge in [-0.25, -0.2) is 0 Å². The van der Waals surface area contributed by atoms with E-state index in [1.54, 1.807) is 0 Å². The van der Waals surface area contributed by atoms with Gasteiger partial charge in [0.1, 0.15) is 0 Å². The van der Waals surface area contributed by atoms with Gasteiger partial charge in [0.25, 0.3) is 0 Å². The first-order valence-electron chi connectivity index (χ1n) is 14.6. The van der Waals surface area contributed by atoms with Crippen molar-refractivity contribution in [3.05, 3.63) is 138 Å². The third kappa shape index (κ3) is 6.00. The maximum Gasteiger partial charge on any atom is 0.0457 e. The summed E-state index contributed by atoms with van der Waals surface area (Å²) in [5.41, 5.74) is 11.1. The molecular formula is C40H39N. The number of hydrogen-bond acceptors (Lipinski definition) is 1. The molecule has 0 unspecified atom stereocenters. The number of hydrogen-bond donors (Lipinski definition) is 0. The van der Waals surface area contributed by atoms with E-state index in [2.05, 4.69) is 137 Å². The van der Waals surface area contributed by atoms with E-state index in [-0.39, 0.29) is 0 Å². The van der Waals surface area contributed by atoms with Gasteiger partial charge in [0.05, 0.1) is 0 Å². The van der Waals surface area contributed by atoms with Crippen LogP contribution < -0.4 is 0 Å². The van der Waals surface area contributed by atoms with Crippen molar-refractivity contribution >= 4 is 33.3 Å². The van der Waals surface area contributed by atoms with Gasteiger partial charge in [0, 0.05) is 17.5 Å². The minimum atomic E-state index is 0.977. The molecule has 1 heteroatoms. The lowest BCUT2D eigenvalue weighted by atomic mass is 9.85.